The van der Waals surface area contributed by atoms with Crippen molar-refractivity contribution in [3.05, 3.63) is 20.8 Å². The molecule has 0 bridgehead atoms. The maximum atomic E-state index is 12.6. The van der Waals surface area contributed by atoms with E-state index in [1.165, 1.54) is 12.8 Å². The molecule has 0 atom stereocenters. The second-order valence-corrected chi connectivity index (χ2v) is 7.67. The van der Waals surface area contributed by atoms with Gasteiger partial charge in [0.25, 0.3) is 5.91 Å². The van der Waals surface area contributed by atoms with Crippen molar-refractivity contribution in [3.63, 3.8) is 0 Å². The van der Waals surface area contributed by atoms with Crippen LogP contribution in [0.4, 0.5) is 0 Å². The van der Waals surface area contributed by atoms with Gasteiger partial charge in [0.1, 0.15) is 0 Å². The molecule has 0 aliphatic carbocycles. The van der Waals surface area contributed by atoms with Gasteiger partial charge in [-0.2, -0.15) is 0 Å². The lowest BCUT2D eigenvalue weighted by molar-refractivity contribution is 0.0658. The van der Waals surface area contributed by atoms with Crippen LogP contribution in [0.1, 0.15) is 37.0 Å². The lowest BCUT2D eigenvalue weighted by atomic mass is 9.97. The Balaban J connectivity index is 2.04. The van der Waals surface area contributed by atoms with Gasteiger partial charge in [-0.25, -0.2) is 0 Å². The number of nitrogens with one attached hydrogen (secondary N) is 1. The van der Waals surface area contributed by atoms with E-state index in [1.807, 2.05) is 16.3 Å². The van der Waals surface area contributed by atoms with Crippen LogP contribution in [0.15, 0.2) is 15.2 Å². The molecule has 1 aromatic heterocycles. The highest BCUT2D eigenvalue weighted by Crippen LogP contribution is 2.23. The second-order valence-electron chi connectivity index (χ2n) is 5.38. The molecule has 0 unspecified atom stereocenters. The number of amides is 1. The molecule has 1 aliphatic heterocycles. The summed E-state index contributed by atoms with van der Waals surface area (Å²) in [6.45, 7) is 7.23. The van der Waals surface area contributed by atoms with Crippen LogP contribution < -0.4 is 5.32 Å². The van der Waals surface area contributed by atoms with Gasteiger partial charge in [0, 0.05) is 18.0 Å². The van der Waals surface area contributed by atoms with E-state index < -0.39 is 0 Å². The van der Waals surface area contributed by atoms with Crippen molar-refractivity contribution in [3.8, 4) is 0 Å². The molecule has 106 valence electrons. The van der Waals surface area contributed by atoms with Gasteiger partial charge in [-0.05, 0) is 67.7 Å². The molecule has 3 nitrogen and oxygen atoms in total. The Morgan fingerprint density at radius 1 is 1.53 bits per heavy atom. The van der Waals surface area contributed by atoms with Crippen molar-refractivity contribution in [2.45, 2.75) is 32.7 Å². The van der Waals surface area contributed by atoms with Crippen LogP contribution in [0.25, 0.3) is 0 Å². The van der Waals surface area contributed by atoms with Crippen LogP contribution >= 0.6 is 27.3 Å². The Kier molecular flexibility index (Phi) is 5.42. The Bertz CT molecular complexity index is 427. The summed E-state index contributed by atoms with van der Waals surface area (Å²) >= 11 is 4.99. The van der Waals surface area contributed by atoms with Crippen LogP contribution in [0, 0.1) is 5.92 Å². The van der Waals surface area contributed by atoms with Gasteiger partial charge < -0.3 is 10.2 Å². The largest absolute Gasteiger partial charge is 0.336 e. The van der Waals surface area contributed by atoms with Crippen molar-refractivity contribution in [2.24, 2.45) is 5.92 Å². The third-order valence-corrected chi connectivity index (χ3v) is 5.12. The topological polar surface area (TPSA) is 32.3 Å². The Morgan fingerprint density at radius 2 is 2.21 bits per heavy atom. The molecule has 1 amide bonds. The van der Waals surface area contributed by atoms with Crippen LogP contribution in [0.2, 0.25) is 0 Å². The molecule has 1 saturated heterocycles. The van der Waals surface area contributed by atoms with Crippen LogP contribution in [-0.4, -0.2) is 36.5 Å². The molecule has 2 heterocycles. The van der Waals surface area contributed by atoms with Crippen LogP contribution in [0.5, 0.6) is 0 Å². The molecule has 19 heavy (non-hydrogen) atoms. The minimum atomic E-state index is 0.162. The van der Waals surface area contributed by atoms with Crippen LogP contribution in [-0.2, 0) is 0 Å². The number of thiophene rings is 1. The van der Waals surface area contributed by atoms with Gasteiger partial charge >= 0.3 is 0 Å². The molecule has 0 spiro atoms. The summed E-state index contributed by atoms with van der Waals surface area (Å²) in [5, 5.41) is 5.31. The lowest BCUT2D eigenvalue weighted by Crippen LogP contribution is -2.42. The summed E-state index contributed by atoms with van der Waals surface area (Å²) in [7, 11) is 0. The zero-order chi connectivity index (χ0) is 13.8. The predicted octanol–water partition coefficient (Wildman–Crippen LogP) is 3.36. The molecule has 5 heteroatoms. The van der Waals surface area contributed by atoms with Gasteiger partial charge in [-0.3, -0.25) is 4.79 Å². The van der Waals surface area contributed by atoms with E-state index in [9.17, 15) is 4.79 Å². The SMILES string of the molecule is CC(C)N(CC1CCNCC1)C(=O)c1csc(Br)c1. The van der Waals surface area contributed by atoms with E-state index in [0.29, 0.717) is 5.92 Å². The third kappa shape index (κ3) is 4.04. The molecular formula is C14H21BrN2OS. The van der Waals surface area contributed by atoms with E-state index in [2.05, 4.69) is 35.1 Å². The molecule has 2 rings (SSSR count). The van der Waals surface area contributed by atoms with Crippen molar-refractivity contribution in [2.75, 3.05) is 19.6 Å². The van der Waals surface area contributed by atoms with Crippen molar-refractivity contribution in [1.82, 2.24) is 10.2 Å². The molecule has 1 fully saturated rings. The molecule has 0 radical (unpaired) electrons. The monoisotopic (exact) mass is 344 g/mol. The Morgan fingerprint density at radius 3 is 2.74 bits per heavy atom. The number of piperidine rings is 1. The van der Waals surface area contributed by atoms with E-state index in [1.54, 1.807) is 11.3 Å². The van der Waals surface area contributed by atoms with Crippen molar-refractivity contribution >= 4 is 33.2 Å². The number of nitrogens with zero attached hydrogens (tertiary/aromatic N) is 1. The molecule has 1 N–H and O–H groups in total. The summed E-state index contributed by atoms with van der Waals surface area (Å²) in [6, 6.07) is 2.17. The summed E-state index contributed by atoms with van der Waals surface area (Å²) in [6.07, 6.45) is 2.34. The smallest absolute Gasteiger partial charge is 0.254 e. The molecule has 1 aromatic rings. The lowest BCUT2D eigenvalue weighted by Gasteiger charge is -2.32. The fraction of sp³-hybridized carbons (Fsp3) is 0.643. The number of hydrogen-bond acceptors (Lipinski definition) is 3. The maximum Gasteiger partial charge on any atom is 0.254 e. The number of carbonyl (C=O) groups excluding carboxylic acids is 1. The zero-order valence-corrected chi connectivity index (χ0v) is 13.9. The highest BCUT2D eigenvalue weighted by molar-refractivity contribution is 9.11. The molecule has 0 saturated carbocycles. The van der Waals surface area contributed by atoms with E-state index >= 15 is 0 Å². The fourth-order valence-corrected chi connectivity index (χ4v) is 3.59. The second kappa shape index (κ2) is 6.86. The fourth-order valence-electron chi connectivity index (χ4n) is 2.46. The number of carbonyl (C=O) groups is 1. The number of halogens is 1. The van der Waals surface area contributed by atoms with Crippen molar-refractivity contribution < 1.29 is 4.79 Å². The number of rotatable bonds is 4. The van der Waals surface area contributed by atoms with Gasteiger partial charge in [0.2, 0.25) is 0 Å². The third-order valence-electron chi connectivity index (χ3n) is 3.61. The summed E-state index contributed by atoms with van der Waals surface area (Å²) in [5.74, 6) is 0.796. The summed E-state index contributed by atoms with van der Waals surface area (Å²) < 4.78 is 1.02. The van der Waals surface area contributed by atoms with Crippen molar-refractivity contribution in [1.29, 1.82) is 0 Å². The first kappa shape index (κ1) is 15.0. The predicted molar refractivity (Wildman–Crippen MR) is 83.8 cm³/mol. The molecule has 0 aromatic carbocycles. The van der Waals surface area contributed by atoms with Gasteiger partial charge in [-0.1, -0.05) is 0 Å². The first-order chi connectivity index (χ1) is 9.08. The minimum Gasteiger partial charge on any atom is -0.336 e. The zero-order valence-electron chi connectivity index (χ0n) is 11.5. The Labute approximate surface area is 127 Å². The average Bonchev–Trinajstić information content (AvgIpc) is 2.83. The first-order valence-corrected chi connectivity index (χ1v) is 8.51. The average molecular weight is 345 g/mol. The van der Waals surface area contributed by atoms with Gasteiger partial charge in [0.05, 0.1) is 9.35 Å². The van der Waals surface area contributed by atoms with E-state index in [4.69, 9.17) is 0 Å². The molecular weight excluding hydrogens is 324 g/mol. The highest BCUT2D eigenvalue weighted by Gasteiger charge is 2.24. The normalized spacial score (nSPS) is 16.8. The Hall–Kier alpha value is -0.390. The first-order valence-electron chi connectivity index (χ1n) is 6.83. The van der Waals surface area contributed by atoms with E-state index in [-0.39, 0.29) is 11.9 Å². The highest BCUT2D eigenvalue weighted by atomic mass is 79.9. The maximum absolute atomic E-state index is 12.6. The van der Waals surface area contributed by atoms with Crippen LogP contribution in [0.3, 0.4) is 0 Å². The van der Waals surface area contributed by atoms with E-state index in [0.717, 1.165) is 29.0 Å². The quantitative estimate of drug-likeness (QED) is 0.908. The summed E-state index contributed by atoms with van der Waals surface area (Å²) in [5.41, 5.74) is 0.805. The van der Waals surface area contributed by atoms with Gasteiger partial charge in [0.15, 0.2) is 0 Å². The summed E-state index contributed by atoms with van der Waals surface area (Å²) in [4.78, 5) is 14.6. The number of hydrogen-bond donors (Lipinski definition) is 1. The van der Waals surface area contributed by atoms with Gasteiger partial charge in [-0.15, -0.1) is 11.3 Å². The standard InChI is InChI=1S/C14H21BrN2OS/c1-10(2)17(8-11-3-5-16-6-4-11)14(18)12-7-13(15)19-9-12/h7,9-11,16H,3-6,8H2,1-2H3. The minimum absolute atomic E-state index is 0.162. The molecule has 1 aliphatic rings.